The quantitative estimate of drug-likeness (QED) is 0.510. The highest BCUT2D eigenvalue weighted by atomic mass is 16.5. The summed E-state index contributed by atoms with van der Waals surface area (Å²) in [6.07, 6.45) is 3.78. The highest BCUT2D eigenvalue weighted by Gasteiger charge is 2.16. The summed E-state index contributed by atoms with van der Waals surface area (Å²) in [5.74, 6) is 7.87. The number of nitrogens with zero attached hydrogens (tertiary/aromatic N) is 5. The van der Waals surface area contributed by atoms with Crippen LogP contribution in [0.3, 0.4) is 0 Å². The molecule has 0 saturated carbocycles. The molecular weight excluding hydrogens is 336 g/mol. The van der Waals surface area contributed by atoms with Crippen LogP contribution in [0.5, 0.6) is 11.5 Å². The number of nitrogens with two attached hydrogens (primary N) is 1. The Morgan fingerprint density at radius 1 is 1.12 bits per heavy atom. The molecule has 1 aliphatic rings. The van der Waals surface area contributed by atoms with E-state index in [9.17, 15) is 4.79 Å². The minimum Gasteiger partial charge on any atom is -0.490 e. The topological polar surface area (TPSA) is 110 Å². The summed E-state index contributed by atoms with van der Waals surface area (Å²) in [6, 6.07) is 7.28. The first-order chi connectivity index (χ1) is 12.7. The van der Waals surface area contributed by atoms with Crippen molar-refractivity contribution in [1.29, 1.82) is 0 Å². The first kappa shape index (κ1) is 14.7. The molecule has 0 radical (unpaired) electrons. The molecule has 130 valence electrons. The molecule has 2 N–H and O–H groups in total. The molecule has 1 aromatic carbocycles. The van der Waals surface area contributed by atoms with Gasteiger partial charge in [-0.2, -0.15) is 9.50 Å². The molecule has 1 aliphatic heterocycles. The fraction of sp³-hybridized carbons (Fsp3) is 0.176. The predicted octanol–water partition coefficient (Wildman–Crippen LogP) is 0.981. The number of hydrogen-bond donors (Lipinski definition) is 1. The first-order valence-corrected chi connectivity index (χ1v) is 8.13. The van der Waals surface area contributed by atoms with Gasteiger partial charge < -0.3 is 15.3 Å². The van der Waals surface area contributed by atoms with Gasteiger partial charge in [-0.25, -0.2) is 9.66 Å². The van der Waals surface area contributed by atoms with E-state index in [2.05, 4.69) is 15.1 Å². The SMILES string of the molecule is Nn1ccc2c(cnc3nc(-c4ccc5c(c4)OCCCO5)nn32)c1=O. The molecule has 0 bridgehead atoms. The van der Waals surface area contributed by atoms with Crippen molar-refractivity contribution in [1.82, 2.24) is 24.3 Å². The van der Waals surface area contributed by atoms with Gasteiger partial charge in [0, 0.05) is 24.4 Å². The Morgan fingerprint density at radius 3 is 2.85 bits per heavy atom. The molecule has 9 nitrogen and oxygen atoms in total. The maximum atomic E-state index is 12.1. The van der Waals surface area contributed by atoms with Crippen LogP contribution in [0.15, 0.2) is 41.5 Å². The standard InChI is InChI=1S/C17H14N6O3/c18-22-5-4-12-11(16(22)24)9-19-17-20-15(21-23(12)17)10-2-3-13-14(8-10)26-7-1-6-25-13/h2-5,8-9H,1,6-7,18H2. The van der Waals surface area contributed by atoms with E-state index < -0.39 is 0 Å². The lowest BCUT2D eigenvalue weighted by atomic mass is 10.2. The van der Waals surface area contributed by atoms with Crippen LogP contribution in [0.25, 0.3) is 28.1 Å². The summed E-state index contributed by atoms with van der Waals surface area (Å²) in [5.41, 5.74) is 1.03. The minimum atomic E-state index is -0.343. The minimum absolute atomic E-state index is 0.343. The fourth-order valence-corrected chi connectivity index (χ4v) is 2.96. The Bertz CT molecular complexity index is 1210. The van der Waals surface area contributed by atoms with Gasteiger partial charge in [-0.05, 0) is 24.3 Å². The highest BCUT2D eigenvalue weighted by molar-refractivity contribution is 5.79. The Labute approximate surface area is 146 Å². The van der Waals surface area contributed by atoms with Crippen LogP contribution in [0.1, 0.15) is 6.42 Å². The first-order valence-electron chi connectivity index (χ1n) is 8.13. The predicted molar refractivity (Wildman–Crippen MR) is 93.7 cm³/mol. The second-order valence-electron chi connectivity index (χ2n) is 5.94. The molecule has 0 saturated heterocycles. The normalized spacial score (nSPS) is 13.8. The van der Waals surface area contributed by atoms with Crippen molar-refractivity contribution < 1.29 is 9.47 Å². The molecule has 0 unspecified atom stereocenters. The Balaban J connectivity index is 1.68. The van der Waals surface area contributed by atoms with Crippen molar-refractivity contribution >= 4 is 16.7 Å². The summed E-state index contributed by atoms with van der Waals surface area (Å²) in [5, 5.41) is 4.88. The van der Waals surface area contributed by atoms with Gasteiger partial charge in [0.1, 0.15) is 0 Å². The fourth-order valence-electron chi connectivity index (χ4n) is 2.96. The molecule has 0 atom stereocenters. The molecular formula is C17H14N6O3. The van der Waals surface area contributed by atoms with E-state index in [1.165, 1.54) is 16.9 Å². The third-order valence-electron chi connectivity index (χ3n) is 4.27. The smallest absolute Gasteiger partial charge is 0.279 e. The highest BCUT2D eigenvalue weighted by Crippen LogP contribution is 2.33. The van der Waals surface area contributed by atoms with Gasteiger partial charge in [0.25, 0.3) is 11.3 Å². The number of aromatic nitrogens is 5. The zero-order chi connectivity index (χ0) is 17.7. The van der Waals surface area contributed by atoms with Crippen LogP contribution < -0.4 is 20.9 Å². The third-order valence-corrected chi connectivity index (χ3v) is 4.27. The average molecular weight is 350 g/mol. The third kappa shape index (κ3) is 2.17. The van der Waals surface area contributed by atoms with Gasteiger partial charge in [-0.3, -0.25) is 4.79 Å². The number of rotatable bonds is 1. The van der Waals surface area contributed by atoms with Crippen LogP contribution in [0.2, 0.25) is 0 Å². The van der Waals surface area contributed by atoms with Gasteiger partial charge in [-0.15, -0.1) is 5.10 Å². The van der Waals surface area contributed by atoms with Crippen molar-refractivity contribution in [2.45, 2.75) is 6.42 Å². The number of benzene rings is 1. The molecule has 3 aromatic heterocycles. The van der Waals surface area contributed by atoms with E-state index in [4.69, 9.17) is 15.3 Å². The summed E-state index contributed by atoms with van der Waals surface area (Å²) in [7, 11) is 0. The average Bonchev–Trinajstić information content (AvgIpc) is 2.96. The van der Waals surface area contributed by atoms with Crippen LogP contribution in [-0.4, -0.2) is 37.5 Å². The van der Waals surface area contributed by atoms with Crippen molar-refractivity contribution in [2.24, 2.45) is 0 Å². The van der Waals surface area contributed by atoms with Gasteiger partial charge in [0.15, 0.2) is 17.3 Å². The van der Waals surface area contributed by atoms with Crippen molar-refractivity contribution in [3.05, 3.63) is 47.0 Å². The lowest BCUT2D eigenvalue weighted by Crippen LogP contribution is -2.26. The van der Waals surface area contributed by atoms with Crippen LogP contribution >= 0.6 is 0 Å². The van der Waals surface area contributed by atoms with E-state index in [0.717, 1.165) is 16.7 Å². The van der Waals surface area contributed by atoms with Crippen molar-refractivity contribution in [3.63, 3.8) is 0 Å². The summed E-state index contributed by atoms with van der Waals surface area (Å²) < 4.78 is 13.9. The Hall–Kier alpha value is -3.62. The Kier molecular flexibility index (Phi) is 3.08. The summed E-state index contributed by atoms with van der Waals surface area (Å²) in [6.45, 7) is 1.24. The molecule has 9 heteroatoms. The number of ether oxygens (including phenoxy) is 2. The number of fused-ring (bicyclic) bond motifs is 4. The van der Waals surface area contributed by atoms with Crippen LogP contribution in [0, 0.1) is 0 Å². The zero-order valence-corrected chi connectivity index (χ0v) is 13.6. The zero-order valence-electron chi connectivity index (χ0n) is 13.6. The monoisotopic (exact) mass is 350 g/mol. The second kappa shape index (κ2) is 5.45. The number of pyridine rings is 1. The van der Waals surface area contributed by atoms with E-state index in [1.54, 1.807) is 6.07 Å². The lowest BCUT2D eigenvalue weighted by molar-refractivity contribution is 0.297. The molecule has 0 aliphatic carbocycles. The summed E-state index contributed by atoms with van der Waals surface area (Å²) in [4.78, 5) is 20.8. The van der Waals surface area contributed by atoms with Gasteiger partial charge in [0.05, 0.1) is 24.1 Å². The van der Waals surface area contributed by atoms with Gasteiger partial charge >= 0.3 is 0 Å². The molecule has 0 fully saturated rings. The maximum absolute atomic E-state index is 12.1. The maximum Gasteiger partial charge on any atom is 0.279 e. The number of nitrogen functional groups attached to an aromatic ring is 1. The van der Waals surface area contributed by atoms with E-state index >= 15 is 0 Å². The molecule has 0 spiro atoms. The van der Waals surface area contributed by atoms with E-state index in [-0.39, 0.29) is 5.56 Å². The molecule has 0 amide bonds. The molecule has 26 heavy (non-hydrogen) atoms. The van der Waals surface area contributed by atoms with Gasteiger partial charge in [0.2, 0.25) is 0 Å². The van der Waals surface area contributed by atoms with Crippen LogP contribution in [-0.2, 0) is 0 Å². The molecule has 5 rings (SSSR count). The van der Waals surface area contributed by atoms with E-state index in [0.29, 0.717) is 47.2 Å². The van der Waals surface area contributed by atoms with Gasteiger partial charge in [-0.1, -0.05) is 0 Å². The van der Waals surface area contributed by atoms with Crippen molar-refractivity contribution in [2.75, 3.05) is 19.1 Å². The Morgan fingerprint density at radius 2 is 1.96 bits per heavy atom. The second-order valence-corrected chi connectivity index (χ2v) is 5.94. The largest absolute Gasteiger partial charge is 0.490 e. The number of hydrogen-bond acceptors (Lipinski definition) is 7. The van der Waals surface area contributed by atoms with Crippen molar-refractivity contribution in [3.8, 4) is 22.9 Å². The van der Waals surface area contributed by atoms with E-state index in [1.807, 2.05) is 18.2 Å². The molecule has 4 aromatic rings. The lowest BCUT2D eigenvalue weighted by Gasteiger charge is -2.07. The summed E-state index contributed by atoms with van der Waals surface area (Å²) >= 11 is 0. The molecule has 4 heterocycles. The van der Waals surface area contributed by atoms with Crippen LogP contribution in [0.4, 0.5) is 0 Å².